The first-order valence-electron chi connectivity index (χ1n) is 6.16. The minimum Gasteiger partial charge on any atom is -0.385 e. The molecule has 1 aliphatic heterocycles. The normalized spacial score (nSPS) is 47.3. The van der Waals surface area contributed by atoms with Crippen LogP contribution in [-0.4, -0.2) is 34.7 Å². The Kier molecular flexibility index (Phi) is 2.91. The van der Waals surface area contributed by atoms with Crippen molar-refractivity contribution in [3.8, 4) is 0 Å². The molecule has 0 bridgehead atoms. The second-order valence-electron chi connectivity index (χ2n) is 5.37. The van der Waals surface area contributed by atoms with Crippen molar-refractivity contribution in [3.05, 3.63) is 12.7 Å². The lowest BCUT2D eigenvalue weighted by molar-refractivity contribution is -0.0970. The summed E-state index contributed by atoms with van der Waals surface area (Å²) in [5, 5.41) is 10.6. The molecule has 2 aliphatic rings. The highest BCUT2D eigenvalue weighted by molar-refractivity contribution is 5.10. The second-order valence-corrected chi connectivity index (χ2v) is 5.37. The highest BCUT2D eigenvalue weighted by Crippen LogP contribution is 2.43. The Morgan fingerprint density at radius 2 is 2.07 bits per heavy atom. The van der Waals surface area contributed by atoms with Gasteiger partial charge in [0.2, 0.25) is 0 Å². The van der Waals surface area contributed by atoms with E-state index in [0.29, 0.717) is 18.0 Å². The van der Waals surface area contributed by atoms with Gasteiger partial charge in [0, 0.05) is 18.0 Å². The van der Waals surface area contributed by atoms with Crippen LogP contribution in [-0.2, 0) is 0 Å². The fourth-order valence-corrected chi connectivity index (χ4v) is 3.51. The summed E-state index contributed by atoms with van der Waals surface area (Å²) >= 11 is 0. The molecule has 2 heteroatoms. The highest BCUT2D eigenvalue weighted by Gasteiger charge is 2.47. The summed E-state index contributed by atoms with van der Waals surface area (Å²) in [4.78, 5) is 2.46. The zero-order chi connectivity index (χ0) is 11.1. The van der Waals surface area contributed by atoms with Crippen LogP contribution in [0.15, 0.2) is 12.7 Å². The molecular formula is C13H23NO. The van der Waals surface area contributed by atoms with Crippen molar-refractivity contribution in [2.75, 3.05) is 7.05 Å². The van der Waals surface area contributed by atoms with Crippen LogP contribution in [0.1, 0.15) is 39.0 Å². The summed E-state index contributed by atoms with van der Waals surface area (Å²) in [6, 6.07) is 1.03. The van der Waals surface area contributed by atoms with Gasteiger partial charge in [0.1, 0.15) is 0 Å². The average Bonchev–Trinajstić information content (AvgIpc) is 2.26. The molecule has 0 spiro atoms. The summed E-state index contributed by atoms with van der Waals surface area (Å²) in [5.41, 5.74) is -0.614. The molecule has 15 heavy (non-hydrogen) atoms. The molecule has 4 atom stereocenters. The Balaban J connectivity index is 2.25. The minimum absolute atomic E-state index is 0.407. The van der Waals surface area contributed by atoms with Crippen LogP contribution in [0.4, 0.5) is 0 Å². The van der Waals surface area contributed by atoms with Gasteiger partial charge in [-0.2, -0.15) is 0 Å². The maximum absolute atomic E-state index is 10.6. The van der Waals surface area contributed by atoms with Gasteiger partial charge in [-0.05, 0) is 33.2 Å². The van der Waals surface area contributed by atoms with Gasteiger partial charge in [-0.1, -0.05) is 18.9 Å². The maximum atomic E-state index is 10.6. The van der Waals surface area contributed by atoms with Crippen LogP contribution in [0, 0.1) is 5.92 Å². The first kappa shape index (κ1) is 11.2. The highest BCUT2D eigenvalue weighted by atomic mass is 16.3. The number of hydrogen-bond acceptors (Lipinski definition) is 2. The van der Waals surface area contributed by atoms with Crippen molar-refractivity contribution in [2.24, 2.45) is 5.92 Å². The van der Waals surface area contributed by atoms with Gasteiger partial charge in [-0.3, -0.25) is 0 Å². The molecule has 2 fully saturated rings. The molecule has 86 valence electrons. The van der Waals surface area contributed by atoms with Gasteiger partial charge < -0.3 is 10.0 Å². The van der Waals surface area contributed by atoms with Crippen molar-refractivity contribution in [3.63, 3.8) is 0 Å². The van der Waals surface area contributed by atoms with E-state index < -0.39 is 5.60 Å². The molecule has 0 unspecified atom stereocenters. The quantitative estimate of drug-likeness (QED) is 0.669. The van der Waals surface area contributed by atoms with Crippen molar-refractivity contribution >= 4 is 0 Å². The van der Waals surface area contributed by atoms with Crippen LogP contribution in [0.2, 0.25) is 0 Å². The third-order valence-corrected chi connectivity index (χ3v) is 4.57. The van der Waals surface area contributed by atoms with E-state index in [1.165, 1.54) is 19.3 Å². The monoisotopic (exact) mass is 209 g/mol. The first-order valence-corrected chi connectivity index (χ1v) is 6.16. The van der Waals surface area contributed by atoms with E-state index in [1.54, 1.807) is 6.08 Å². The zero-order valence-corrected chi connectivity index (χ0v) is 9.95. The van der Waals surface area contributed by atoms with Crippen LogP contribution >= 0.6 is 0 Å². The summed E-state index contributed by atoms with van der Waals surface area (Å²) < 4.78 is 0. The van der Waals surface area contributed by atoms with E-state index in [9.17, 15) is 5.11 Å². The van der Waals surface area contributed by atoms with Gasteiger partial charge in [0.15, 0.2) is 0 Å². The van der Waals surface area contributed by atoms with Gasteiger partial charge >= 0.3 is 0 Å². The van der Waals surface area contributed by atoms with Gasteiger partial charge in [0.05, 0.1) is 5.60 Å². The molecule has 1 saturated heterocycles. The van der Waals surface area contributed by atoms with Crippen molar-refractivity contribution < 1.29 is 5.11 Å². The molecule has 1 saturated carbocycles. The molecule has 2 rings (SSSR count). The Bertz CT molecular complexity index is 253. The fourth-order valence-electron chi connectivity index (χ4n) is 3.51. The lowest BCUT2D eigenvalue weighted by Crippen LogP contribution is -2.60. The lowest BCUT2D eigenvalue weighted by atomic mass is 9.67. The Labute approximate surface area is 93.0 Å². The molecule has 2 nitrogen and oxygen atoms in total. The van der Waals surface area contributed by atoms with Gasteiger partial charge in [0.25, 0.3) is 0 Å². The molecule has 1 heterocycles. The predicted octanol–water partition coefficient (Wildman–Crippen LogP) is 2.19. The fraction of sp³-hybridized carbons (Fsp3) is 0.846. The van der Waals surface area contributed by atoms with Crippen LogP contribution in [0.3, 0.4) is 0 Å². The van der Waals surface area contributed by atoms with E-state index in [1.807, 2.05) is 0 Å². The SMILES string of the molecule is C=C[C@@]1(O)C[C@H](C)N(C)[C@@H]2CCCC[C@H]21. The smallest absolute Gasteiger partial charge is 0.0882 e. The number of rotatable bonds is 1. The summed E-state index contributed by atoms with van der Waals surface area (Å²) in [6.07, 6.45) is 7.60. The van der Waals surface area contributed by atoms with Crippen LogP contribution < -0.4 is 0 Å². The average molecular weight is 209 g/mol. The molecular weight excluding hydrogens is 186 g/mol. The summed E-state index contributed by atoms with van der Waals surface area (Å²) in [6.45, 7) is 6.05. The van der Waals surface area contributed by atoms with E-state index >= 15 is 0 Å². The molecule has 0 aromatic heterocycles. The largest absolute Gasteiger partial charge is 0.385 e. The number of nitrogens with zero attached hydrogens (tertiary/aromatic N) is 1. The summed E-state index contributed by atoms with van der Waals surface area (Å²) in [5.74, 6) is 0.407. The third-order valence-electron chi connectivity index (χ3n) is 4.57. The van der Waals surface area contributed by atoms with Crippen molar-refractivity contribution in [2.45, 2.75) is 56.7 Å². The standard InChI is InChI=1S/C13H23NO/c1-4-13(15)9-10(2)14(3)12-8-6-5-7-11(12)13/h4,10-12,15H,1,5-9H2,2-3H3/t10-,11+,12+,13+/m0/s1. The van der Waals surface area contributed by atoms with Gasteiger partial charge in [-0.25, -0.2) is 0 Å². The molecule has 0 aromatic rings. The Morgan fingerprint density at radius 1 is 1.40 bits per heavy atom. The van der Waals surface area contributed by atoms with Crippen molar-refractivity contribution in [1.29, 1.82) is 0 Å². The summed E-state index contributed by atoms with van der Waals surface area (Å²) in [7, 11) is 2.20. The number of likely N-dealkylation sites (tertiary alicyclic amines) is 1. The topological polar surface area (TPSA) is 23.5 Å². The Morgan fingerprint density at radius 3 is 2.73 bits per heavy atom. The first-order chi connectivity index (χ1) is 7.08. The third kappa shape index (κ3) is 1.74. The number of hydrogen-bond donors (Lipinski definition) is 1. The molecule has 1 aliphatic carbocycles. The predicted molar refractivity (Wildman–Crippen MR) is 62.7 cm³/mol. The zero-order valence-electron chi connectivity index (χ0n) is 9.95. The van der Waals surface area contributed by atoms with E-state index in [4.69, 9.17) is 0 Å². The van der Waals surface area contributed by atoms with E-state index in [-0.39, 0.29) is 0 Å². The molecule has 0 radical (unpaired) electrons. The number of piperidine rings is 1. The van der Waals surface area contributed by atoms with E-state index in [2.05, 4.69) is 25.5 Å². The van der Waals surface area contributed by atoms with Crippen molar-refractivity contribution in [1.82, 2.24) is 4.90 Å². The van der Waals surface area contributed by atoms with E-state index in [0.717, 1.165) is 12.8 Å². The number of aliphatic hydroxyl groups is 1. The lowest BCUT2D eigenvalue weighted by Gasteiger charge is -2.53. The van der Waals surface area contributed by atoms with Crippen LogP contribution in [0.25, 0.3) is 0 Å². The molecule has 0 aromatic carbocycles. The number of fused-ring (bicyclic) bond motifs is 1. The van der Waals surface area contributed by atoms with Crippen LogP contribution in [0.5, 0.6) is 0 Å². The minimum atomic E-state index is -0.614. The maximum Gasteiger partial charge on any atom is 0.0882 e. The Hall–Kier alpha value is -0.340. The molecule has 1 N–H and O–H groups in total. The second kappa shape index (κ2) is 3.91. The van der Waals surface area contributed by atoms with Gasteiger partial charge in [-0.15, -0.1) is 6.58 Å². The molecule has 0 amide bonds.